The minimum atomic E-state index is 0.513. The number of aromatic nitrogens is 2. The van der Waals surface area contributed by atoms with Gasteiger partial charge in [-0.15, -0.1) is 0 Å². The third-order valence-electron chi connectivity index (χ3n) is 3.94. The van der Waals surface area contributed by atoms with Gasteiger partial charge in [0, 0.05) is 17.1 Å². The van der Waals surface area contributed by atoms with Gasteiger partial charge in [0.1, 0.15) is 17.3 Å². The third kappa shape index (κ3) is 3.44. The molecule has 0 bridgehead atoms. The Kier molecular flexibility index (Phi) is 4.38. The molecule has 6 nitrogen and oxygen atoms in total. The molecule has 130 valence electrons. The lowest BCUT2D eigenvalue weighted by Crippen LogP contribution is -2.05. The zero-order valence-electron chi connectivity index (χ0n) is 14.3. The Bertz CT molecular complexity index is 1020. The van der Waals surface area contributed by atoms with Crippen molar-refractivity contribution in [2.24, 2.45) is 0 Å². The Morgan fingerprint density at radius 3 is 2.77 bits per heavy atom. The molecule has 0 unspecified atom stereocenters. The van der Waals surface area contributed by atoms with Gasteiger partial charge in [0.2, 0.25) is 5.95 Å². The van der Waals surface area contributed by atoms with Crippen molar-refractivity contribution in [3.05, 3.63) is 72.7 Å². The largest absolute Gasteiger partial charge is 0.497 e. The van der Waals surface area contributed by atoms with Crippen LogP contribution in [0.2, 0.25) is 0 Å². The van der Waals surface area contributed by atoms with Gasteiger partial charge >= 0.3 is 0 Å². The molecule has 2 aromatic heterocycles. The average molecular weight is 346 g/mol. The van der Waals surface area contributed by atoms with Crippen molar-refractivity contribution in [3.63, 3.8) is 0 Å². The van der Waals surface area contributed by atoms with E-state index in [0.717, 1.165) is 33.9 Å². The minimum Gasteiger partial charge on any atom is -0.497 e. The van der Waals surface area contributed by atoms with Crippen molar-refractivity contribution in [1.82, 2.24) is 9.97 Å². The van der Waals surface area contributed by atoms with Crippen LogP contribution in [0.3, 0.4) is 0 Å². The summed E-state index contributed by atoms with van der Waals surface area (Å²) in [6, 6.07) is 19.3. The van der Waals surface area contributed by atoms with E-state index in [9.17, 15) is 0 Å². The number of rotatable bonds is 6. The first-order chi connectivity index (χ1) is 12.8. The maximum absolute atomic E-state index is 5.38. The van der Waals surface area contributed by atoms with Gasteiger partial charge in [0.25, 0.3) is 0 Å². The number of anilines is 3. The standard InChI is InChI=1S/C20H18N4O2/c1-25-15-7-4-6-14(12-15)22-20-23-18-10-3-2-9-17(18)19(24-20)21-13-16-8-5-11-26-16/h2-12H,13H2,1H3,(H2,21,22,23,24). The molecule has 26 heavy (non-hydrogen) atoms. The summed E-state index contributed by atoms with van der Waals surface area (Å²) < 4.78 is 10.6. The first kappa shape index (κ1) is 16.0. The highest BCUT2D eigenvalue weighted by atomic mass is 16.5. The topological polar surface area (TPSA) is 72.2 Å². The lowest BCUT2D eigenvalue weighted by Gasteiger charge is -2.11. The smallest absolute Gasteiger partial charge is 0.229 e. The number of para-hydroxylation sites is 1. The van der Waals surface area contributed by atoms with E-state index < -0.39 is 0 Å². The van der Waals surface area contributed by atoms with Crippen LogP contribution < -0.4 is 15.4 Å². The molecule has 0 amide bonds. The summed E-state index contributed by atoms with van der Waals surface area (Å²) in [5.41, 5.74) is 1.71. The van der Waals surface area contributed by atoms with Gasteiger partial charge in [-0.05, 0) is 36.4 Å². The molecule has 0 fully saturated rings. The molecule has 0 saturated carbocycles. The van der Waals surface area contributed by atoms with Crippen molar-refractivity contribution in [2.45, 2.75) is 6.54 Å². The van der Waals surface area contributed by atoms with E-state index in [2.05, 4.69) is 20.6 Å². The van der Waals surface area contributed by atoms with E-state index in [1.807, 2.05) is 60.7 Å². The van der Waals surface area contributed by atoms with Crippen molar-refractivity contribution < 1.29 is 9.15 Å². The van der Waals surface area contributed by atoms with Gasteiger partial charge in [-0.3, -0.25) is 0 Å². The first-order valence-corrected chi connectivity index (χ1v) is 8.26. The van der Waals surface area contributed by atoms with Crippen LogP contribution >= 0.6 is 0 Å². The summed E-state index contributed by atoms with van der Waals surface area (Å²) in [5.74, 6) is 2.87. The Labute approximate surface area is 150 Å². The normalized spacial score (nSPS) is 10.7. The predicted molar refractivity (Wildman–Crippen MR) is 102 cm³/mol. The van der Waals surface area contributed by atoms with E-state index in [-0.39, 0.29) is 0 Å². The average Bonchev–Trinajstić information content (AvgIpc) is 3.20. The number of furan rings is 1. The third-order valence-corrected chi connectivity index (χ3v) is 3.94. The molecule has 4 rings (SSSR count). The van der Waals surface area contributed by atoms with Crippen LogP contribution in [0.1, 0.15) is 5.76 Å². The molecule has 0 aliphatic rings. The molecule has 0 saturated heterocycles. The monoisotopic (exact) mass is 346 g/mol. The van der Waals surface area contributed by atoms with Crippen molar-refractivity contribution in [1.29, 1.82) is 0 Å². The molecular weight excluding hydrogens is 328 g/mol. The van der Waals surface area contributed by atoms with Gasteiger partial charge in [-0.25, -0.2) is 4.98 Å². The Hall–Kier alpha value is -3.54. The van der Waals surface area contributed by atoms with Crippen LogP contribution in [-0.2, 0) is 6.54 Å². The number of hydrogen-bond acceptors (Lipinski definition) is 6. The van der Waals surface area contributed by atoms with E-state index in [0.29, 0.717) is 12.5 Å². The van der Waals surface area contributed by atoms with Gasteiger partial charge < -0.3 is 19.8 Å². The number of ether oxygens (including phenoxy) is 1. The number of hydrogen-bond donors (Lipinski definition) is 2. The fraction of sp³-hybridized carbons (Fsp3) is 0.100. The Morgan fingerprint density at radius 1 is 1.00 bits per heavy atom. The molecule has 4 aromatic rings. The SMILES string of the molecule is COc1cccc(Nc2nc(NCc3ccco3)c3ccccc3n2)c1. The van der Waals surface area contributed by atoms with Crippen molar-refractivity contribution in [3.8, 4) is 5.75 Å². The highest BCUT2D eigenvalue weighted by molar-refractivity contribution is 5.90. The number of methoxy groups -OCH3 is 1. The molecular formula is C20H18N4O2. The highest BCUT2D eigenvalue weighted by Crippen LogP contribution is 2.25. The summed E-state index contributed by atoms with van der Waals surface area (Å²) in [4.78, 5) is 9.24. The van der Waals surface area contributed by atoms with Gasteiger partial charge in [-0.1, -0.05) is 18.2 Å². The second-order valence-electron chi connectivity index (χ2n) is 5.70. The highest BCUT2D eigenvalue weighted by Gasteiger charge is 2.09. The van der Waals surface area contributed by atoms with Gasteiger partial charge in [0.05, 0.1) is 25.4 Å². The number of nitrogens with zero attached hydrogens (tertiary/aromatic N) is 2. The fourth-order valence-electron chi connectivity index (χ4n) is 2.68. The van der Waals surface area contributed by atoms with Crippen molar-refractivity contribution in [2.75, 3.05) is 17.7 Å². The maximum Gasteiger partial charge on any atom is 0.229 e. The van der Waals surface area contributed by atoms with Crippen LogP contribution in [0.15, 0.2) is 71.3 Å². The lowest BCUT2D eigenvalue weighted by atomic mass is 10.2. The summed E-state index contributed by atoms with van der Waals surface area (Å²) >= 11 is 0. The molecule has 0 aliphatic carbocycles. The second kappa shape index (κ2) is 7.14. The summed E-state index contributed by atoms with van der Waals surface area (Å²) in [6.45, 7) is 0.548. The molecule has 0 spiro atoms. The second-order valence-corrected chi connectivity index (χ2v) is 5.70. The Balaban J connectivity index is 1.66. The van der Waals surface area contributed by atoms with Crippen molar-refractivity contribution >= 4 is 28.4 Å². The zero-order valence-corrected chi connectivity index (χ0v) is 14.3. The van der Waals surface area contributed by atoms with Gasteiger partial charge in [-0.2, -0.15) is 4.98 Å². The lowest BCUT2D eigenvalue weighted by molar-refractivity contribution is 0.415. The van der Waals surface area contributed by atoms with E-state index in [1.165, 1.54) is 0 Å². The van der Waals surface area contributed by atoms with E-state index in [1.54, 1.807) is 13.4 Å². The quantitative estimate of drug-likeness (QED) is 0.532. The molecule has 2 aromatic carbocycles. The number of fused-ring (bicyclic) bond motifs is 1. The summed E-state index contributed by atoms with van der Waals surface area (Å²) in [5, 5.41) is 7.52. The number of nitrogens with one attached hydrogen (secondary N) is 2. The van der Waals surface area contributed by atoms with E-state index in [4.69, 9.17) is 9.15 Å². The minimum absolute atomic E-state index is 0.513. The van der Waals surface area contributed by atoms with E-state index >= 15 is 0 Å². The number of benzene rings is 2. The van der Waals surface area contributed by atoms with Gasteiger partial charge in [0.15, 0.2) is 0 Å². The van der Waals surface area contributed by atoms with Crippen LogP contribution in [0.25, 0.3) is 10.9 Å². The maximum atomic E-state index is 5.38. The summed E-state index contributed by atoms with van der Waals surface area (Å²) in [6.07, 6.45) is 1.66. The van der Waals surface area contributed by atoms with Crippen LogP contribution in [0, 0.1) is 0 Å². The first-order valence-electron chi connectivity index (χ1n) is 8.26. The zero-order chi connectivity index (χ0) is 17.8. The molecule has 0 radical (unpaired) electrons. The summed E-state index contributed by atoms with van der Waals surface area (Å²) in [7, 11) is 1.64. The molecule has 0 atom stereocenters. The molecule has 0 aliphatic heterocycles. The molecule has 2 N–H and O–H groups in total. The molecule has 6 heteroatoms. The molecule has 2 heterocycles. The predicted octanol–water partition coefficient (Wildman–Crippen LogP) is 4.59. The van der Waals surface area contributed by atoms with Crippen LogP contribution in [0.5, 0.6) is 5.75 Å². The fourth-order valence-corrected chi connectivity index (χ4v) is 2.68. The van der Waals surface area contributed by atoms with Crippen LogP contribution in [0.4, 0.5) is 17.5 Å². The van der Waals surface area contributed by atoms with Crippen LogP contribution in [-0.4, -0.2) is 17.1 Å². The Morgan fingerprint density at radius 2 is 1.92 bits per heavy atom.